The first-order valence-corrected chi connectivity index (χ1v) is 6.61. The molecule has 0 saturated carbocycles. The van der Waals surface area contributed by atoms with Crippen LogP contribution in [-0.2, 0) is 18.0 Å². The fourth-order valence-corrected chi connectivity index (χ4v) is 2.27. The molecule has 0 radical (unpaired) electrons. The van der Waals surface area contributed by atoms with E-state index in [2.05, 4.69) is 0 Å². The molecule has 2 aromatic carbocycles. The van der Waals surface area contributed by atoms with Gasteiger partial charge in [0, 0.05) is 5.39 Å². The van der Waals surface area contributed by atoms with Gasteiger partial charge in [-0.05, 0) is 11.6 Å². The van der Waals surface area contributed by atoms with Gasteiger partial charge >= 0.3 is 5.97 Å². The third-order valence-electron chi connectivity index (χ3n) is 3.23. The highest BCUT2D eigenvalue weighted by molar-refractivity contribution is 6.03. The molecule has 0 saturated heterocycles. The molecule has 106 valence electrons. The lowest BCUT2D eigenvalue weighted by Gasteiger charge is -2.03. The molecule has 0 aliphatic rings. The maximum Gasteiger partial charge on any atom is 0.340 e. The Morgan fingerprint density at radius 1 is 1.00 bits per heavy atom. The molecule has 0 spiro atoms. The van der Waals surface area contributed by atoms with Crippen molar-refractivity contribution in [1.29, 1.82) is 0 Å². The van der Waals surface area contributed by atoms with E-state index in [0.717, 1.165) is 5.56 Å². The van der Waals surface area contributed by atoms with Gasteiger partial charge in [0.25, 0.3) is 0 Å². The molecule has 4 heteroatoms. The van der Waals surface area contributed by atoms with Crippen molar-refractivity contribution in [2.24, 2.45) is 0 Å². The van der Waals surface area contributed by atoms with Crippen LogP contribution in [0.4, 0.5) is 0 Å². The molecule has 0 aliphatic carbocycles. The van der Waals surface area contributed by atoms with Gasteiger partial charge in [-0.3, -0.25) is 0 Å². The standard InChI is InChI=1S/C17H14O4/c18-17(19)16-13-8-4-5-9-14(13)21-15(16)11-20-10-12-6-2-1-3-7-12/h1-9H,10-11H2,(H,18,19). The summed E-state index contributed by atoms with van der Waals surface area (Å²) in [5.41, 5.74) is 1.78. The zero-order valence-corrected chi connectivity index (χ0v) is 11.3. The molecule has 0 aliphatic heterocycles. The minimum absolute atomic E-state index is 0.130. The molecule has 1 N–H and O–H groups in total. The molecular formula is C17H14O4. The lowest BCUT2D eigenvalue weighted by Crippen LogP contribution is -2.01. The molecule has 1 aromatic heterocycles. The second-order valence-corrected chi connectivity index (χ2v) is 4.68. The average Bonchev–Trinajstić information content (AvgIpc) is 2.86. The number of furan rings is 1. The maximum atomic E-state index is 11.4. The smallest absolute Gasteiger partial charge is 0.340 e. The SMILES string of the molecule is O=C(O)c1c(COCc2ccccc2)oc2ccccc12. The number of hydrogen-bond donors (Lipinski definition) is 1. The molecule has 0 atom stereocenters. The molecule has 3 rings (SSSR count). The van der Waals surface area contributed by atoms with E-state index in [-0.39, 0.29) is 12.2 Å². The van der Waals surface area contributed by atoms with Crippen molar-refractivity contribution in [2.45, 2.75) is 13.2 Å². The summed E-state index contributed by atoms with van der Waals surface area (Å²) >= 11 is 0. The Bertz CT molecular complexity index is 759. The number of benzene rings is 2. The summed E-state index contributed by atoms with van der Waals surface area (Å²) in [5, 5.41) is 9.95. The first kappa shape index (κ1) is 13.4. The summed E-state index contributed by atoms with van der Waals surface area (Å²) < 4.78 is 11.2. The van der Waals surface area contributed by atoms with Crippen LogP contribution in [0.15, 0.2) is 59.0 Å². The first-order valence-electron chi connectivity index (χ1n) is 6.61. The summed E-state index contributed by atoms with van der Waals surface area (Å²) in [6.45, 7) is 0.544. The van der Waals surface area contributed by atoms with Gasteiger partial charge in [-0.1, -0.05) is 48.5 Å². The van der Waals surface area contributed by atoms with Crippen LogP contribution in [0.2, 0.25) is 0 Å². The van der Waals surface area contributed by atoms with Gasteiger partial charge in [-0.2, -0.15) is 0 Å². The fourth-order valence-electron chi connectivity index (χ4n) is 2.27. The van der Waals surface area contributed by atoms with Gasteiger partial charge in [0.1, 0.15) is 23.5 Å². The van der Waals surface area contributed by atoms with Crippen LogP contribution >= 0.6 is 0 Å². The van der Waals surface area contributed by atoms with Gasteiger partial charge in [-0.25, -0.2) is 4.79 Å². The zero-order valence-electron chi connectivity index (χ0n) is 11.3. The molecule has 0 fully saturated rings. The predicted octanol–water partition coefficient (Wildman–Crippen LogP) is 3.85. The molecular weight excluding hydrogens is 268 g/mol. The van der Waals surface area contributed by atoms with Crippen molar-refractivity contribution in [2.75, 3.05) is 0 Å². The molecule has 1 heterocycles. The Kier molecular flexibility index (Phi) is 3.71. The van der Waals surface area contributed by atoms with E-state index in [1.165, 1.54) is 0 Å². The van der Waals surface area contributed by atoms with Crippen LogP contribution < -0.4 is 0 Å². The van der Waals surface area contributed by atoms with Crippen molar-refractivity contribution in [1.82, 2.24) is 0 Å². The first-order chi connectivity index (χ1) is 10.3. The number of carboxylic acid groups (broad SMARTS) is 1. The number of carboxylic acids is 1. The molecule has 0 bridgehead atoms. The largest absolute Gasteiger partial charge is 0.478 e. The Morgan fingerprint density at radius 2 is 1.71 bits per heavy atom. The number of rotatable bonds is 5. The number of para-hydroxylation sites is 1. The minimum Gasteiger partial charge on any atom is -0.478 e. The number of hydrogen-bond acceptors (Lipinski definition) is 3. The molecule has 0 unspecified atom stereocenters. The molecule has 3 aromatic rings. The van der Waals surface area contributed by atoms with E-state index in [1.807, 2.05) is 36.4 Å². The van der Waals surface area contributed by atoms with Crippen LogP contribution in [0.25, 0.3) is 11.0 Å². The number of ether oxygens (including phenoxy) is 1. The Morgan fingerprint density at radius 3 is 2.48 bits per heavy atom. The van der Waals surface area contributed by atoms with Crippen molar-refractivity contribution < 1.29 is 19.1 Å². The zero-order chi connectivity index (χ0) is 14.7. The second kappa shape index (κ2) is 5.81. The third-order valence-corrected chi connectivity index (χ3v) is 3.23. The molecule has 21 heavy (non-hydrogen) atoms. The van der Waals surface area contributed by atoms with Gasteiger partial charge in [-0.15, -0.1) is 0 Å². The Hall–Kier alpha value is -2.59. The van der Waals surface area contributed by atoms with E-state index < -0.39 is 5.97 Å². The van der Waals surface area contributed by atoms with Gasteiger partial charge < -0.3 is 14.3 Å². The number of aromatic carboxylic acids is 1. The number of fused-ring (bicyclic) bond motifs is 1. The summed E-state index contributed by atoms with van der Waals surface area (Å²) in [5.74, 6) is -0.655. The monoisotopic (exact) mass is 282 g/mol. The summed E-state index contributed by atoms with van der Waals surface area (Å²) in [6.07, 6.45) is 0. The number of carbonyl (C=O) groups is 1. The van der Waals surface area contributed by atoms with Crippen molar-refractivity contribution >= 4 is 16.9 Å². The van der Waals surface area contributed by atoms with E-state index in [0.29, 0.717) is 23.3 Å². The van der Waals surface area contributed by atoms with Gasteiger partial charge in [0.2, 0.25) is 0 Å². The maximum absolute atomic E-state index is 11.4. The van der Waals surface area contributed by atoms with Crippen LogP contribution in [-0.4, -0.2) is 11.1 Å². The predicted molar refractivity (Wildman–Crippen MR) is 78.1 cm³/mol. The van der Waals surface area contributed by atoms with E-state index in [9.17, 15) is 9.90 Å². The van der Waals surface area contributed by atoms with Gasteiger partial charge in [0.05, 0.1) is 6.61 Å². The van der Waals surface area contributed by atoms with E-state index in [1.54, 1.807) is 18.2 Å². The summed E-state index contributed by atoms with van der Waals surface area (Å²) in [6, 6.07) is 16.8. The van der Waals surface area contributed by atoms with E-state index >= 15 is 0 Å². The molecule has 0 amide bonds. The minimum atomic E-state index is -1.00. The summed E-state index contributed by atoms with van der Waals surface area (Å²) in [4.78, 5) is 11.4. The third kappa shape index (κ3) is 2.80. The van der Waals surface area contributed by atoms with Crippen LogP contribution in [0, 0.1) is 0 Å². The lowest BCUT2D eigenvalue weighted by molar-refractivity contribution is 0.0674. The van der Waals surface area contributed by atoms with Crippen molar-refractivity contribution in [3.63, 3.8) is 0 Å². The van der Waals surface area contributed by atoms with Crippen molar-refractivity contribution in [3.05, 3.63) is 71.5 Å². The van der Waals surface area contributed by atoms with Crippen LogP contribution in [0.3, 0.4) is 0 Å². The highest BCUT2D eigenvalue weighted by Gasteiger charge is 2.19. The summed E-state index contributed by atoms with van der Waals surface area (Å²) in [7, 11) is 0. The quantitative estimate of drug-likeness (QED) is 0.772. The van der Waals surface area contributed by atoms with E-state index in [4.69, 9.17) is 9.15 Å². The van der Waals surface area contributed by atoms with Crippen LogP contribution in [0.5, 0.6) is 0 Å². The average molecular weight is 282 g/mol. The topological polar surface area (TPSA) is 59.7 Å². The normalized spacial score (nSPS) is 10.9. The van der Waals surface area contributed by atoms with Crippen molar-refractivity contribution in [3.8, 4) is 0 Å². The Balaban J connectivity index is 1.80. The highest BCUT2D eigenvalue weighted by atomic mass is 16.5. The Labute approximate surface area is 121 Å². The van der Waals surface area contributed by atoms with Crippen LogP contribution in [0.1, 0.15) is 21.7 Å². The second-order valence-electron chi connectivity index (χ2n) is 4.68. The molecule has 4 nitrogen and oxygen atoms in total. The van der Waals surface area contributed by atoms with Gasteiger partial charge in [0.15, 0.2) is 0 Å². The lowest BCUT2D eigenvalue weighted by atomic mass is 10.1. The fraction of sp³-hybridized carbons (Fsp3) is 0.118. The highest BCUT2D eigenvalue weighted by Crippen LogP contribution is 2.26.